The number of benzene rings is 1. The van der Waals surface area contributed by atoms with Crippen LogP contribution in [0.2, 0.25) is 0 Å². The fourth-order valence-corrected chi connectivity index (χ4v) is 2.72. The highest BCUT2D eigenvalue weighted by Crippen LogP contribution is 2.17. The van der Waals surface area contributed by atoms with E-state index in [9.17, 15) is 4.79 Å². The van der Waals surface area contributed by atoms with E-state index in [1.807, 2.05) is 18.2 Å². The highest BCUT2D eigenvalue weighted by Gasteiger charge is 2.19. The molecule has 5 nitrogen and oxygen atoms in total. The molecule has 126 valence electrons. The zero-order valence-electron chi connectivity index (χ0n) is 14.1. The van der Waals surface area contributed by atoms with Crippen molar-refractivity contribution in [1.82, 2.24) is 9.88 Å². The number of hydrogen-bond acceptors (Lipinski definition) is 4. The molecule has 0 bridgehead atoms. The molecule has 1 aliphatic rings. The van der Waals surface area contributed by atoms with E-state index >= 15 is 0 Å². The number of amides is 1. The normalized spacial score (nSPS) is 16.8. The van der Waals surface area contributed by atoms with Crippen LogP contribution in [0, 0.1) is 6.92 Å². The van der Waals surface area contributed by atoms with Crippen LogP contribution in [-0.4, -0.2) is 42.2 Å². The van der Waals surface area contributed by atoms with E-state index in [0.29, 0.717) is 31.2 Å². The van der Waals surface area contributed by atoms with Gasteiger partial charge in [-0.05, 0) is 24.1 Å². The second-order valence-corrected chi connectivity index (χ2v) is 6.07. The summed E-state index contributed by atoms with van der Waals surface area (Å²) in [5, 5.41) is 0. The van der Waals surface area contributed by atoms with Crippen LogP contribution < -0.4 is 4.74 Å². The number of nitrogens with zero attached hydrogens (tertiary/aromatic N) is 2. The molecule has 1 atom stereocenters. The van der Waals surface area contributed by atoms with E-state index in [1.54, 1.807) is 30.3 Å². The van der Waals surface area contributed by atoms with Crippen molar-refractivity contribution in [3.8, 4) is 5.88 Å². The van der Waals surface area contributed by atoms with Crippen molar-refractivity contribution in [2.24, 2.45) is 0 Å². The van der Waals surface area contributed by atoms with Crippen LogP contribution in [0.5, 0.6) is 5.88 Å². The molecule has 2 heterocycles. The molecule has 1 aliphatic heterocycles. The van der Waals surface area contributed by atoms with Gasteiger partial charge in [-0.15, -0.1) is 0 Å². The van der Waals surface area contributed by atoms with Crippen molar-refractivity contribution in [2.75, 3.05) is 20.3 Å². The number of carbonyl (C=O) groups excluding carboxylic acids is 1. The van der Waals surface area contributed by atoms with Crippen LogP contribution in [0.4, 0.5) is 0 Å². The van der Waals surface area contributed by atoms with Crippen LogP contribution in [-0.2, 0) is 11.3 Å². The molecule has 1 amide bonds. The number of rotatable bonds is 5. The summed E-state index contributed by atoms with van der Waals surface area (Å²) in [4.78, 5) is 18.6. The maximum Gasteiger partial charge on any atom is 0.254 e. The molecular weight excluding hydrogens is 304 g/mol. The lowest BCUT2D eigenvalue weighted by molar-refractivity contribution is 0.0783. The first kappa shape index (κ1) is 16.5. The first-order valence-corrected chi connectivity index (χ1v) is 8.14. The topological polar surface area (TPSA) is 51.7 Å². The van der Waals surface area contributed by atoms with Gasteiger partial charge in [0.2, 0.25) is 5.88 Å². The molecule has 0 spiro atoms. The molecule has 5 heteroatoms. The van der Waals surface area contributed by atoms with Crippen LogP contribution in [0.25, 0.3) is 0 Å². The molecule has 1 saturated heterocycles. The van der Waals surface area contributed by atoms with Gasteiger partial charge in [0.1, 0.15) is 6.10 Å². The minimum Gasteiger partial charge on any atom is -0.472 e. The second-order valence-electron chi connectivity index (χ2n) is 6.07. The Bertz CT molecular complexity index is 711. The van der Waals surface area contributed by atoms with Crippen LogP contribution in [0.15, 0.2) is 42.6 Å². The number of ether oxygens (including phenoxy) is 2. The third-order valence-electron chi connectivity index (χ3n) is 4.17. The van der Waals surface area contributed by atoms with Crippen LogP contribution >= 0.6 is 0 Å². The Morgan fingerprint density at radius 1 is 1.38 bits per heavy atom. The minimum absolute atomic E-state index is 0.0209. The summed E-state index contributed by atoms with van der Waals surface area (Å²) in [6, 6.07) is 11.5. The van der Waals surface area contributed by atoms with E-state index in [2.05, 4.69) is 18.0 Å². The maximum atomic E-state index is 12.7. The Labute approximate surface area is 142 Å². The van der Waals surface area contributed by atoms with E-state index in [1.165, 1.54) is 5.56 Å². The first-order chi connectivity index (χ1) is 11.6. The van der Waals surface area contributed by atoms with Gasteiger partial charge < -0.3 is 14.4 Å². The Hall–Kier alpha value is -2.40. The quantitative estimate of drug-likeness (QED) is 0.848. The predicted molar refractivity (Wildman–Crippen MR) is 91.1 cm³/mol. The highest BCUT2D eigenvalue weighted by molar-refractivity contribution is 5.94. The Balaban J connectivity index is 1.68. The van der Waals surface area contributed by atoms with Crippen molar-refractivity contribution in [2.45, 2.75) is 26.0 Å². The van der Waals surface area contributed by atoms with E-state index < -0.39 is 0 Å². The summed E-state index contributed by atoms with van der Waals surface area (Å²) in [5.41, 5.74) is 2.90. The average Bonchev–Trinajstić information content (AvgIpc) is 3.09. The minimum atomic E-state index is -0.0480. The first-order valence-electron chi connectivity index (χ1n) is 8.14. The van der Waals surface area contributed by atoms with Crippen molar-refractivity contribution in [3.63, 3.8) is 0 Å². The van der Waals surface area contributed by atoms with E-state index in [0.717, 1.165) is 12.0 Å². The number of carbonyl (C=O) groups is 1. The SMILES string of the molecule is Cc1ccccc1CN(C)C(=O)c1ccnc(O[C@@H]2CCOC2)c1. The van der Waals surface area contributed by atoms with Gasteiger partial charge in [-0.2, -0.15) is 0 Å². The van der Waals surface area contributed by atoms with Crippen LogP contribution in [0.3, 0.4) is 0 Å². The monoisotopic (exact) mass is 326 g/mol. The molecule has 24 heavy (non-hydrogen) atoms. The molecule has 0 N–H and O–H groups in total. The number of aryl methyl sites for hydroxylation is 1. The van der Waals surface area contributed by atoms with E-state index in [-0.39, 0.29) is 12.0 Å². The molecule has 0 unspecified atom stereocenters. The zero-order chi connectivity index (χ0) is 16.9. The van der Waals surface area contributed by atoms with Gasteiger partial charge in [-0.25, -0.2) is 4.98 Å². The summed E-state index contributed by atoms with van der Waals surface area (Å²) in [6.07, 6.45) is 2.49. The molecule has 2 aromatic rings. The van der Waals surface area contributed by atoms with Crippen molar-refractivity contribution < 1.29 is 14.3 Å². The lowest BCUT2D eigenvalue weighted by Gasteiger charge is -2.19. The summed E-state index contributed by atoms with van der Waals surface area (Å²) in [7, 11) is 1.81. The maximum absolute atomic E-state index is 12.7. The second kappa shape index (κ2) is 7.45. The molecule has 0 saturated carbocycles. The fourth-order valence-electron chi connectivity index (χ4n) is 2.72. The summed E-state index contributed by atoms with van der Waals surface area (Å²) >= 11 is 0. The van der Waals surface area contributed by atoms with Crippen molar-refractivity contribution in [1.29, 1.82) is 0 Å². The van der Waals surface area contributed by atoms with Gasteiger partial charge in [-0.1, -0.05) is 24.3 Å². The van der Waals surface area contributed by atoms with Crippen molar-refractivity contribution in [3.05, 3.63) is 59.3 Å². The van der Waals surface area contributed by atoms with E-state index in [4.69, 9.17) is 9.47 Å². The molecule has 1 fully saturated rings. The number of hydrogen-bond donors (Lipinski definition) is 0. The standard InChI is InChI=1S/C19H22N2O3/c1-14-5-3-4-6-16(14)12-21(2)19(22)15-7-9-20-18(11-15)24-17-8-10-23-13-17/h3-7,9,11,17H,8,10,12-13H2,1-2H3/t17-/m1/s1. The molecule has 1 aromatic heterocycles. The zero-order valence-corrected chi connectivity index (χ0v) is 14.1. The lowest BCUT2D eigenvalue weighted by Crippen LogP contribution is -2.26. The van der Waals surface area contributed by atoms with Crippen molar-refractivity contribution >= 4 is 5.91 Å². The average molecular weight is 326 g/mol. The largest absolute Gasteiger partial charge is 0.472 e. The van der Waals surface area contributed by atoms with Gasteiger partial charge in [-0.3, -0.25) is 4.79 Å². The smallest absolute Gasteiger partial charge is 0.254 e. The van der Waals surface area contributed by atoms with Gasteiger partial charge >= 0.3 is 0 Å². The molecule has 0 aliphatic carbocycles. The highest BCUT2D eigenvalue weighted by atomic mass is 16.5. The third-order valence-corrected chi connectivity index (χ3v) is 4.17. The summed E-state index contributed by atoms with van der Waals surface area (Å²) < 4.78 is 11.1. The van der Waals surface area contributed by atoms with Gasteiger partial charge in [0.25, 0.3) is 5.91 Å². The van der Waals surface area contributed by atoms with Gasteiger partial charge in [0.15, 0.2) is 0 Å². The fraction of sp³-hybridized carbons (Fsp3) is 0.368. The van der Waals surface area contributed by atoms with Gasteiger partial charge in [0, 0.05) is 37.8 Å². The van der Waals surface area contributed by atoms with Crippen LogP contribution in [0.1, 0.15) is 27.9 Å². The Kier molecular flexibility index (Phi) is 5.11. The predicted octanol–water partition coefficient (Wildman–Crippen LogP) is 2.83. The lowest BCUT2D eigenvalue weighted by atomic mass is 10.1. The third kappa shape index (κ3) is 3.92. The summed E-state index contributed by atoms with van der Waals surface area (Å²) in [5.74, 6) is 0.425. The Morgan fingerprint density at radius 3 is 2.96 bits per heavy atom. The number of pyridine rings is 1. The molecule has 1 aromatic carbocycles. The Morgan fingerprint density at radius 2 is 2.21 bits per heavy atom. The summed E-state index contributed by atoms with van der Waals surface area (Å²) in [6.45, 7) is 3.91. The molecule has 0 radical (unpaired) electrons. The molecule has 3 rings (SSSR count). The molecular formula is C19H22N2O3. The van der Waals surface area contributed by atoms with Gasteiger partial charge in [0.05, 0.1) is 13.2 Å². The number of aromatic nitrogens is 1.